The average molecular weight is 649 g/mol. The summed E-state index contributed by atoms with van der Waals surface area (Å²) in [6.07, 6.45) is 15.7. The molecule has 4 bridgehead atoms. The van der Waals surface area contributed by atoms with E-state index in [1.54, 1.807) is 16.7 Å². The molecular formula is C46H53BO2. The SMILES string of the molecule is CC1(C)OB(c2ccc(C34CCC(c5ccc(-c6ccc(C78CCC(c9ccccc9)(CC7)CC8)cc6)cc5)(CC3)CC4)cc2)OC1(C)C. The minimum Gasteiger partial charge on any atom is -0.399 e. The fourth-order valence-corrected chi connectivity index (χ4v) is 10.9. The molecule has 4 aromatic carbocycles. The van der Waals surface area contributed by atoms with Crippen molar-refractivity contribution in [3.8, 4) is 11.1 Å². The second-order valence-electron chi connectivity index (χ2n) is 17.9. The van der Waals surface area contributed by atoms with Gasteiger partial charge in [-0.3, -0.25) is 0 Å². The van der Waals surface area contributed by atoms with Crippen LogP contribution in [0.5, 0.6) is 0 Å². The smallest absolute Gasteiger partial charge is 0.399 e. The zero-order valence-electron chi connectivity index (χ0n) is 30.2. The van der Waals surface area contributed by atoms with E-state index in [1.807, 2.05) is 0 Å². The molecule has 252 valence electrons. The van der Waals surface area contributed by atoms with Crippen molar-refractivity contribution in [2.45, 2.75) is 138 Å². The van der Waals surface area contributed by atoms with E-state index in [4.69, 9.17) is 9.31 Å². The maximum Gasteiger partial charge on any atom is 0.494 e. The Morgan fingerprint density at radius 1 is 0.367 bits per heavy atom. The molecule has 0 aromatic heterocycles. The second kappa shape index (κ2) is 11.2. The molecule has 4 aromatic rings. The maximum atomic E-state index is 6.33. The summed E-state index contributed by atoms with van der Waals surface area (Å²) < 4.78 is 12.7. The van der Waals surface area contributed by atoms with Gasteiger partial charge >= 0.3 is 7.12 Å². The van der Waals surface area contributed by atoms with Crippen LogP contribution in [0.1, 0.15) is 127 Å². The molecule has 0 atom stereocenters. The highest BCUT2D eigenvalue weighted by Crippen LogP contribution is 2.60. The monoisotopic (exact) mass is 648 g/mol. The van der Waals surface area contributed by atoms with Crippen molar-refractivity contribution < 1.29 is 9.31 Å². The van der Waals surface area contributed by atoms with Gasteiger partial charge in [0.05, 0.1) is 11.2 Å². The second-order valence-corrected chi connectivity index (χ2v) is 17.9. The summed E-state index contributed by atoms with van der Waals surface area (Å²) in [5, 5.41) is 0. The highest BCUT2D eigenvalue weighted by atomic mass is 16.7. The van der Waals surface area contributed by atoms with E-state index in [0.717, 1.165) is 5.46 Å². The fraction of sp³-hybridized carbons (Fsp3) is 0.478. The normalized spacial score (nSPS) is 32.8. The first-order chi connectivity index (χ1) is 23.6. The number of benzene rings is 4. The highest BCUT2D eigenvalue weighted by Gasteiger charge is 2.53. The van der Waals surface area contributed by atoms with Crippen LogP contribution in [0.25, 0.3) is 11.1 Å². The Hall–Kier alpha value is -3.14. The molecule has 7 fully saturated rings. The van der Waals surface area contributed by atoms with Crippen molar-refractivity contribution in [1.82, 2.24) is 0 Å². The summed E-state index contributed by atoms with van der Waals surface area (Å²) in [5.41, 5.74) is 10.9. The lowest BCUT2D eigenvalue weighted by atomic mass is 9.50. The van der Waals surface area contributed by atoms with Crippen LogP contribution in [-0.4, -0.2) is 18.3 Å². The largest absolute Gasteiger partial charge is 0.494 e. The van der Waals surface area contributed by atoms with E-state index in [9.17, 15) is 0 Å². The average Bonchev–Trinajstić information content (AvgIpc) is 3.39. The van der Waals surface area contributed by atoms with E-state index < -0.39 is 0 Å². The van der Waals surface area contributed by atoms with Crippen LogP contribution in [0, 0.1) is 0 Å². The van der Waals surface area contributed by atoms with Crippen molar-refractivity contribution in [3.05, 3.63) is 125 Å². The Morgan fingerprint density at radius 3 is 0.980 bits per heavy atom. The summed E-state index contributed by atoms with van der Waals surface area (Å²) in [4.78, 5) is 0. The maximum absolute atomic E-state index is 6.33. The molecule has 1 heterocycles. The zero-order chi connectivity index (χ0) is 33.5. The zero-order valence-corrected chi connectivity index (χ0v) is 30.2. The first-order valence-electron chi connectivity index (χ1n) is 19.3. The Bertz CT molecular complexity index is 1750. The third-order valence-corrected chi connectivity index (χ3v) is 15.3. The molecule has 3 heteroatoms. The Morgan fingerprint density at radius 2 is 0.653 bits per heavy atom. The van der Waals surface area contributed by atoms with E-state index in [0.29, 0.717) is 21.7 Å². The molecule has 6 saturated carbocycles. The third-order valence-electron chi connectivity index (χ3n) is 15.3. The molecular weight excluding hydrogens is 595 g/mol. The molecule has 7 aliphatic rings. The van der Waals surface area contributed by atoms with Crippen LogP contribution >= 0.6 is 0 Å². The molecule has 1 saturated heterocycles. The van der Waals surface area contributed by atoms with E-state index >= 15 is 0 Å². The van der Waals surface area contributed by atoms with Gasteiger partial charge in [0.15, 0.2) is 0 Å². The molecule has 0 radical (unpaired) electrons. The van der Waals surface area contributed by atoms with Gasteiger partial charge in [0, 0.05) is 0 Å². The van der Waals surface area contributed by atoms with Gasteiger partial charge in [-0.1, -0.05) is 103 Å². The Kier molecular flexibility index (Phi) is 7.26. The molecule has 2 nitrogen and oxygen atoms in total. The van der Waals surface area contributed by atoms with Crippen LogP contribution in [0.4, 0.5) is 0 Å². The highest BCUT2D eigenvalue weighted by molar-refractivity contribution is 6.62. The standard InChI is InChI=1S/C46H53BO2/c1-41(2)42(3,4)49-47(48-41)40-20-18-39(19-21-40)46-31-28-45(29-32-46,30-33-46)38-16-12-35(13-17-38)34-10-14-37(15-11-34)44-25-22-43(23-26-44,24-27-44)36-8-6-5-7-9-36/h5-21H,22-33H2,1-4H3. The van der Waals surface area contributed by atoms with Crippen LogP contribution in [0.2, 0.25) is 0 Å². The summed E-state index contributed by atoms with van der Waals surface area (Å²) in [6.45, 7) is 8.51. The lowest BCUT2D eigenvalue weighted by Crippen LogP contribution is -2.46. The summed E-state index contributed by atoms with van der Waals surface area (Å²) in [7, 11) is -0.289. The van der Waals surface area contributed by atoms with Gasteiger partial charge in [-0.15, -0.1) is 0 Å². The molecule has 0 unspecified atom stereocenters. The van der Waals surface area contributed by atoms with E-state index in [-0.39, 0.29) is 18.3 Å². The molecule has 0 spiro atoms. The minimum absolute atomic E-state index is 0.289. The predicted molar refractivity (Wildman–Crippen MR) is 203 cm³/mol. The van der Waals surface area contributed by atoms with Crippen LogP contribution in [-0.2, 0) is 31.0 Å². The van der Waals surface area contributed by atoms with Crippen LogP contribution < -0.4 is 5.46 Å². The fourth-order valence-electron chi connectivity index (χ4n) is 10.9. The number of rotatable bonds is 6. The van der Waals surface area contributed by atoms with E-state index in [1.165, 1.54) is 93.7 Å². The lowest BCUT2D eigenvalue weighted by molar-refractivity contribution is 0.00578. The van der Waals surface area contributed by atoms with Gasteiger partial charge in [0.25, 0.3) is 0 Å². The molecule has 0 N–H and O–H groups in total. The summed E-state index contributed by atoms with van der Waals surface area (Å²) in [6, 6.07) is 40.1. The lowest BCUT2D eigenvalue weighted by Gasteiger charge is -2.54. The molecule has 6 aliphatic carbocycles. The van der Waals surface area contributed by atoms with Gasteiger partial charge in [-0.2, -0.15) is 0 Å². The minimum atomic E-state index is -0.310. The van der Waals surface area contributed by atoms with Gasteiger partial charge in [0.2, 0.25) is 0 Å². The summed E-state index contributed by atoms with van der Waals surface area (Å²) >= 11 is 0. The van der Waals surface area contributed by atoms with Gasteiger partial charge in [0.1, 0.15) is 0 Å². The van der Waals surface area contributed by atoms with Gasteiger partial charge in [-0.25, -0.2) is 0 Å². The van der Waals surface area contributed by atoms with Crippen LogP contribution in [0.15, 0.2) is 103 Å². The summed E-state index contributed by atoms with van der Waals surface area (Å²) in [5.74, 6) is 0. The first kappa shape index (κ1) is 31.8. The third kappa shape index (κ3) is 5.04. The molecule has 11 rings (SSSR count). The number of hydrogen-bond donors (Lipinski definition) is 0. The van der Waals surface area contributed by atoms with Gasteiger partial charge < -0.3 is 9.31 Å². The Balaban J connectivity index is 0.850. The number of hydrogen-bond acceptors (Lipinski definition) is 2. The molecule has 1 aliphatic heterocycles. The van der Waals surface area contributed by atoms with Crippen molar-refractivity contribution in [2.75, 3.05) is 0 Å². The molecule has 49 heavy (non-hydrogen) atoms. The van der Waals surface area contributed by atoms with Crippen molar-refractivity contribution in [1.29, 1.82) is 0 Å². The van der Waals surface area contributed by atoms with Crippen LogP contribution in [0.3, 0.4) is 0 Å². The van der Waals surface area contributed by atoms with E-state index in [2.05, 4.69) is 131 Å². The topological polar surface area (TPSA) is 18.5 Å². The van der Waals surface area contributed by atoms with Crippen molar-refractivity contribution in [2.24, 2.45) is 0 Å². The van der Waals surface area contributed by atoms with Crippen molar-refractivity contribution in [3.63, 3.8) is 0 Å². The number of fused-ring (bicyclic) bond motifs is 6. The Labute approximate surface area is 295 Å². The van der Waals surface area contributed by atoms with Gasteiger partial charge in [-0.05, 0) is 165 Å². The quantitative estimate of drug-likeness (QED) is 0.194. The molecule has 0 amide bonds. The first-order valence-corrected chi connectivity index (χ1v) is 19.3. The predicted octanol–water partition coefficient (Wildman–Crippen LogP) is 10.7. The van der Waals surface area contributed by atoms with Crippen molar-refractivity contribution >= 4 is 12.6 Å².